The third-order valence-corrected chi connectivity index (χ3v) is 0.832. The normalized spacial score (nSPS) is 32.7. The first-order chi connectivity index (χ1) is 3.38. The van der Waals surface area contributed by atoms with Crippen molar-refractivity contribution in [3.05, 3.63) is 12.0 Å². The fraction of sp³-hybridized carbons (Fsp3) is 0.500. The van der Waals surface area contributed by atoms with E-state index in [9.17, 15) is 0 Å². The molecule has 0 aliphatic carbocycles. The molecule has 3 nitrogen and oxygen atoms in total. The van der Waals surface area contributed by atoms with Crippen molar-refractivity contribution < 1.29 is 14.9 Å². The van der Waals surface area contributed by atoms with Crippen LogP contribution in [0.2, 0.25) is 0 Å². The third-order valence-electron chi connectivity index (χ3n) is 0.832. The van der Waals surface area contributed by atoms with E-state index >= 15 is 0 Å². The SMILES string of the molecule is OC=C1OC1CO. The molecule has 1 aliphatic rings. The van der Waals surface area contributed by atoms with Gasteiger partial charge in [0.05, 0.1) is 6.61 Å². The highest BCUT2D eigenvalue weighted by Gasteiger charge is 2.31. The predicted molar refractivity (Wildman–Crippen MR) is 22.7 cm³/mol. The van der Waals surface area contributed by atoms with E-state index in [1.54, 1.807) is 0 Å². The molecule has 1 aliphatic heterocycles. The Bertz CT molecular complexity index is 97.1. The molecule has 0 amide bonds. The van der Waals surface area contributed by atoms with Gasteiger partial charge in [-0.25, -0.2) is 0 Å². The van der Waals surface area contributed by atoms with Crippen LogP contribution in [0.15, 0.2) is 12.0 Å². The van der Waals surface area contributed by atoms with E-state index in [-0.39, 0.29) is 12.7 Å². The molecule has 40 valence electrons. The lowest BCUT2D eigenvalue weighted by Crippen LogP contribution is -1.88. The van der Waals surface area contributed by atoms with Crippen molar-refractivity contribution in [3.8, 4) is 0 Å². The summed E-state index contributed by atoms with van der Waals surface area (Å²) in [5, 5.41) is 16.3. The zero-order valence-corrected chi connectivity index (χ0v) is 3.66. The second kappa shape index (κ2) is 1.42. The van der Waals surface area contributed by atoms with E-state index in [0.29, 0.717) is 5.76 Å². The van der Waals surface area contributed by atoms with Gasteiger partial charge in [0.15, 0.2) is 11.9 Å². The second-order valence-corrected chi connectivity index (χ2v) is 1.32. The van der Waals surface area contributed by atoms with Gasteiger partial charge in [-0.2, -0.15) is 0 Å². The van der Waals surface area contributed by atoms with Crippen LogP contribution in [0.4, 0.5) is 0 Å². The quantitative estimate of drug-likeness (QED) is 0.355. The van der Waals surface area contributed by atoms with Gasteiger partial charge < -0.3 is 14.9 Å². The standard InChI is InChI=1S/C4H6O3/c5-1-3-4(2-6)7-3/h1,4-6H,2H2. The number of hydrogen-bond acceptors (Lipinski definition) is 3. The van der Waals surface area contributed by atoms with Gasteiger partial charge in [0, 0.05) is 0 Å². The highest BCUT2D eigenvalue weighted by Crippen LogP contribution is 2.24. The maximum atomic E-state index is 8.23. The summed E-state index contributed by atoms with van der Waals surface area (Å²) in [6.07, 6.45) is 0.644. The van der Waals surface area contributed by atoms with Gasteiger partial charge in [-0.05, 0) is 0 Å². The molecule has 1 heterocycles. The largest absolute Gasteiger partial charge is 0.512 e. The average molecular weight is 102 g/mol. The molecule has 1 saturated heterocycles. The number of rotatable bonds is 1. The van der Waals surface area contributed by atoms with Gasteiger partial charge in [0.25, 0.3) is 0 Å². The number of epoxide rings is 1. The molecule has 2 N–H and O–H groups in total. The Labute approximate surface area is 40.8 Å². The van der Waals surface area contributed by atoms with Crippen LogP contribution in [0, 0.1) is 0 Å². The first kappa shape index (κ1) is 4.46. The molecular weight excluding hydrogens is 96.0 g/mol. The van der Waals surface area contributed by atoms with Crippen LogP contribution in [0.25, 0.3) is 0 Å². The molecule has 0 aromatic rings. The molecule has 1 rings (SSSR count). The summed E-state index contributed by atoms with van der Waals surface area (Å²) in [7, 11) is 0. The Morgan fingerprint density at radius 2 is 2.57 bits per heavy atom. The molecule has 0 radical (unpaired) electrons. The zero-order chi connectivity index (χ0) is 5.28. The van der Waals surface area contributed by atoms with Crippen molar-refractivity contribution in [3.63, 3.8) is 0 Å². The average Bonchev–Trinajstić information content (AvgIpc) is 2.43. The van der Waals surface area contributed by atoms with E-state index in [1.807, 2.05) is 0 Å². The van der Waals surface area contributed by atoms with Gasteiger partial charge in [0.2, 0.25) is 0 Å². The summed E-state index contributed by atoms with van der Waals surface area (Å²) in [6, 6.07) is 0. The minimum absolute atomic E-state index is 0.0353. The van der Waals surface area contributed by atoms with Crippen LogP contribution < -0.4 is 0 Å². The predicted octanol–water partition coefficient (Wildman–Crippen LogP) is -0.223. The van der Waals surface area contributed by atoms with Crippen molar-refractivity contribution in [2.24, 2.45) is 0 Å². The van der Waals surface area contributed by atoms with Crippen LogP contribution in [-0.2, 0) is 4.74 Å². The monoisotopic (exact) mass is 102 g/mol. The minimum atomic E-state index is -0.218. The lowest BCUT2D eigenvalue weighted by atomic mass is 10.4. The van der Waals surface area contributed by atoms with Gasteiger partial charge in [-0.1, -0.05) is 0 Å². The topological polar surface area (TPSA) is 53.0 Å². The molecule has 7 heavy (non-hydrogen) atoms. The van der Waals surface area contributed by atoms with Crippen molar-refractivity contribution in [2.45, 2.75) is 6.10 Å². The van der Waals surface area contributed by atoms with Gasteiger partial charge >= 0.3 is 0 Å². The van der Waals surface area contributed by atoms with E-state index < -0.39 is 0 Å². The third kappa shape index (κ3) is 0.667. The molecule has 0 bridgehead atoms. The lowest BCUT2D eigenvalue weighted by Gasteiger charge is -1.69. The lowest BCUT2D eigenvalue weighted by molar-refractivity contribution is 0.245. The van der Waals surface area contributed by atoms with Crippen molar-refractivity contribution in [2.75, 3.05) is 6.61 Å². The van der Waals surface area contributed by atoms with E-state index in [0.717, 1.165) is 6.26 Å². The first-order valence-corrected chi connectivity index (χ1v) is 2.00. The molecule has 1 fully saturated rings. The Morgan fingerprint density at radius 3 is 2.71 bits per heavy atom. The molecule has 3 heteroatoms. The minimum Gasteiger partial charge on any atom is -0.512 e. The van der Waals surface area contributed by atoms with Gasteiger partial charge in [-0.3, -0.25) is 0 Å². The summed E-state index contributed by atoms with van der Waals surface area (Å²) in [6.45, 7) is -0.0353. The molecule has 0 saturated carbocycles. The van der Waals surface area contributed by atoms with Crippen molar-refractivity contribution in [1.29, 1.82) is 0 Å². The number of hydrogen-bond donors (Lipinski definition) is 2. The maximum Gasteiger partial charge on any atom is 0.181 e. The molecule has 1 atom stereocenters. The number of ether oxygens (including phenoxy) is 1. The first-order valence-electron chi connectivity index (χ1n) is 2.00. The van der Waals surface area contributed by atoms with Crippen LogP contribution in [0.5, 0.6) is 0 Å². The Hall–Kier alpha value is -0.700. The maximum absolute atomic E-state index is 8.23. The van der Waals surface area contributed by atoms with Crippen LogP contribution >= 0.6 is 0 Å². The second-order valence-electron chi connectivity index (χ2n) is 1.32. The van der Waals surface area contributed by atoms with Gasteiger partial charge in [-0.15, -0.1) is 0 Å². The Balaban J connectivity index is 2.31. The van der Waals surface area contributed by atoms with Crippen LogP contribution in [-0.4, -0.2) is 22.9 Å². The molecule has 0 aromatic carbocycles. The number of aliphatic hydroxyl groups is 2. The fourth-order valence-electron chi connectivity index (χ4n) is 0.371. The summed E-state index contributed by atoms with van der Waals surface area (Å²) < 4.78 is 4.58. The summed E-state index contributed by atoms with van der Waals surface area (Å²) >= 11 is 0. The van der Waals surface area contributed by atoms with Gasteiger partial charge in [0.1, 0.15) is 6.26 Å². The number of aliphatic hydroxyl groups excluding tert-OH is 2. The Morgan fingerprint density at radius 1 is 1.86 bits per heavy atom. The molecule has 0 aromatic heterocycles. The van der Waals surface area contributed by atoms with Crippen LogP contribution in [0.3, 0.4) is 0 Å². The molecule has 1 unspecified atom stereocenters. The summed E-state index contributed by atoms with van der Waals surface area (Å²) in [5.74, 6) is 0.475. The van der Waals surface area contributed by atoms with Crippen molar-refractivity contribution >= 4 is 0 Å². The highest BCUT2D eigenvalue weighted by atomic mass is 16.6. The van der Waals surface area contributed by atoms with E-state index in [4.69, 9.17) is 10.2 Å². The smallest absolute Gasteiger partial charge is 0.181 e. The summed E-state index contributed by atoms with van der Waals surface area (Å²) in [4.78, 5) is 0. The summed E-state index contributed by atoms with van der Waals surface area (Å²) in [5.41, 5.74) is 0. The Kier molecular flexibility index (Phi) is 0.906. The fourth-order valence-corrected chi connectivity index (χ4v) is 0.371. The van der Waals surface area contributed by atoms with E-state index in [2.05, 4.69) is 4.74 Å². The van der Waals surface area contributed by atoms with Crippen molar-refractivity contribution in [1.82, 2.24) is 0 Å². The highest BCUT2D eigenvalue weighted by molar-refractivity contribution is 5.09. The molecular formula is C4H6O3. The zero-order valence-electron chi connectivity index (χ0n) is 3.66. The molecule has 0 spiro atoms. The van der Waals surface area contributed by atoms with Crippen LogP contribution in [0.1, 0.15) is 0 Å². The van der Waals surface area contributed by atoms with E-state index in [1.165, 1.54) is 0 Å².